The van der Waals surface area contributed by atoms with Crippen molar-refractivity contribution in [1.82, 2.24) is 0 Å². The molecule has 0 aliphatic heterocycles. The first-order chi connectivity index (χ1) is 13.8. The Morgan fingerprint density at radius 3 is 1.86 bits per heavy atom. The summed E-state index contributed by atoms with van der Waals surface area (Å²) < 4.78 is 22.2. The Kier molecular flexibility index (Phi) is 11.1. The first-order valence-electron chi connectivity index (χ1n) is 10.3. The Hall–Kier alpha value is -2.04. The van der Waals surface area contributed by atoms with Gasteiger partial charge in [0, 0.05) is 33.4 Å². The average molecular weight is 387 g/mol. The molecule has 0 saturated carbocycles. The van der Waals surface area contributed by atoms with E-state index in [-0.39, 0.29) is 0 Å². The van der Waals surface area contributed by atoms with Gasteiger partial charge in [-0.3, -0.25) is 0 Å². The summed E-state index contributed by atoms with van der Waals surface area (Å²) in [6.07, 6.45) is 5.00. The molecule has 154 valence electrons. The summed E-state index contributed by atoms with van der Waals surface area (Å²) in [6.45, 7) is 5.82. The fraction of sp³-hybridized carbons (Fsp3) is 0.500. The molecule has 0 heterocycles. The molecule has 0 aromatic heterocycles. The van der Waals surface area contributed by atoms with Crippen molar-refractivity contribution in [2.75, 3.05) is 40.1 Å². The second kappa shape index (κ2) is 14.0. The van der Waals surface area contributed by atoms with Crippen molar-refractivity contribution >= 4 is 0 Å². The van der Waals surface area contributed by atoms with Gasteiger partial charge < -0.3 is 18.9 Å². The molecule has 28 heavy (non-hydrogen) atoms. The lowest BCUT2D eigenvalue weighted by Gasteiger charge is -2.08. The van der Waals surface area contributed by atoms with E-state index in [4.69, 9.17) is 18.9 Å². The van der Waals surface area contributed by atoms with E-state index in [0.29, 0.717) is 6.61 Å². The molecule has 4 heteroatoms. The van der Waals surface area contributed by atoms with Crippen molar-refractivity contribution in [1.29, 1.82) is 0 Å². The third-order valence-corrected chi connectivity index (χ3v) is 4.41. The fourth-order valence-corrected chi connectivity index (χ4v) is 2.76. The van der Waals surface area contributed by atoms with E-state index in [1.807, 2.05) is 12.1 Å². The van der Waals surface area contributed by atoms with Crippen LogP contribution in [0.4, 0.5) is 0 Å². The zero-order valence-electron chi connectivity index (χ0n) is 17.3. The summed E-state index contributed by atoms with van der Waals surface area (Å²) in [4.78, 5) is 0. The van der Waals surface area contributed by atoms with Crippen LogP contribution in [0.1, 0.15) is 36.8 Å². The molecule has 0 atom stereocenters. The highest BCUT2D eigenvalue weighted by atomic mass is 16.5. The van der Waals surface area contributed by atoms with Crippen LogP contribution in [0, 0.1) is 6.92 Å². The normalized spacial score (nSPS) is 10.8. The minimum atomic E-state index is 0.690. The number of hydrogen-bond acceptors (Lipinski definition) is 4. The number of benzene rings is 2. The van der Waals surface area contributed by atoms with Crippen molar-refractivity contribution in [3.8, 4) is 11.5 Å². The molecule has 0 bridgehead atoms. The van der Waals surface area contributed by atoms with Gasteiger partial charge in [-0.2, -0.15) is 0 Å². The van der Waals surface area contributed by atoms with Gasteiger partial charge in [-0.1, -0.05) is 29.8 Å². The molecule has 0 N–H and O–H groups in total. The number of unbranched alkanes of at least 4 members (excludes halogenated alkanes) is 1. The van der Waals surface area contributed by atoms with Gasteiger partial charge in [0.2, 0.25) is 0 Å². The second-order valence-electron chi connectivity index (χ2n) is 6.92. The lowest BCUT2D eigenvalue weighted by Crippen LogP contribution is -2.04. The highest BCUT2D eigenvalue weighted by Gasteiger charge is 1.98. The molecule has 4 nitrogen and oxygen atoms in total. The van der Waals surface area contributed by atoms with Crippen molar-refractivity contribution in [3.05, 3.63) is 59.7 Å². The third kappa shape index (κ3) is 9.77. The molecule has 0 amide bonds. The monoisotopic (exact) mass is 386 g/mol. The van der Waals surface area contributed by atoms with E-state index in [9.17, 15) is 0 Å². The van der Waals surface area contributed by atoms with Gasteiger partial charge in [-0.15, -0.1) is 0 Å². The first kappa shape index (κ1) is 22.3. The highest BCUT2D eigenvalue weighted by Crippen LogP contribution is 2.14. The standard InChI is InChI=1S/C24H34O4/c1-21-8-12-23(13-9-21)28-20-6-18-26-17-5-7-22-10-14-24(15-11-22)27-19-4-3-16-25-2/h8-15H,3-7,16-20H2,1-2H3. The topological polar surface area (TPSA) is 36.9 Å². The maximum absolute atomic E-state index is 5.73. The summed E-state index contributed by atoms with van der Waals surface area (Å²) in [5.74, 6) is 1.86. The van der Waals surface area contributed by atoms with Crippen molar-refractivity contribution in [2.24, 2.45) is 0 Å². The summed E-state index contributed by atoms with van der Waals surface area (Å²) in [5, 5.41) is 0. The van der Waals surface area contributed by atoms with Gasteiger partial charge in [0.25, 0.3) is 0 Å². The smallest absolute Gasteiger partial charge is 0.119 e. The van der Waals surface area contributed by atoms with E-state index < -0.39 is 0 Å². The van der Waals surface area contributed by atoms with Crippen molar-refractivity contribution in [2.45, 2.75) is 39.0 Å². The Morgan fingerprint density at radius 1 is 0.607 bits per heavy atom. The first-order valence-corrected chi connectivity index (χ1v) is 10.3. The highest BCUT2D eigenvalue weighted by molar-refractivity contribution is 5.27. The maximum atomic E-state index is 5.73. The van der Waals surface area contributed by atoms with Gasteiger partial charge in [0.05, 0.1) is 13.2 Å². The van der Waals surface area contributed by atoms with Crippen LogP contribution in [0.25, 0.3) is 0 Å². The molecule has 0 radical (unpaired) electrons. The van der Waals surface area contributed by atoms with Gasteiger partial charge in [0.15, 0.2) is 0 Å². The quantitative estimate of drug-likeness (QED) is 0.393. The molecule has 0 saturated heterocycles. The van der Waals surface area contributed by atoms with Gasteiger partial charge >= 0.3 is 0 Å². The molecular weight excluding hydrogens is 352 g/mol. The molecule has 0 unspecified atom stereocenters. The van der Waals surface area contributed by atoms with Crippen molar-refractivity contribution in [3.63, 3.8) is 0 Å². The predicted octanol–water partition coefficient (Wildman–Crippen LogP) is 5.22. The zero-order chi connectivity index (χ0) is 19.9. The van der Waals surface area contributed by atoms with Crippen LogP contribution in [-0.4, -0.2) is 40.1 Å². The fourth-order valence-electron chi connectivity index (χ4n) is 2.76. The van der Waals surface area contributed by atoms with Crippen LogP contribution in [0.3, 0.4) is 0 Å². The summed E-state index contributed by atoms with van der Waals surface area (Å²) in [5.41, 5.74) is 2.56. The maximum Gasteiger partial charge on any atom is 0.119 e. The minimum absolute atomic E-state index is 0.690. The molecule has 0 spiro atoms. The van der Waals surface area contributed by atoms with E-state index in [0.717, 1.165) is 70.0 Å². The largest absolute Gasteiger partial charge is 0.494 e. The number of methoxy groups -OCH3 is 1. The molecule has 0 aliphatic carbocycles. The summed E-state index contributed by atoms with van der Waals surface area (Å²) in [6, 6.07) is 16.5. The molecular formula is C24H34O4. The summed E-state index contributed by atoms with van der Waals surface area (Å²) >= 11 is 0. The van der Waals surface area contributed by atoms with Crippen molar-refractivity contribution < 1.29 is 18.9 Å². The third-order valence-electron chi connectivity index (χ3n) is 4.41. The average Bonchev–Trinajstić information content (AvgIpc) is 2.72. The SMILES string of the molecule is COCCCCOc1ccc(CCCOCCCOc2ccc(C)cc2)cc1. The van der Waals surface area contributed by atoms with E-state index in [1.165, 1.54) is 11.1 Å². The predicted molar refractivity (Wildman–Crippen MR) is 113 cm³/mol. The molecule has 2 aromatic rings. The van der Waals surface area contributed by atoms with Crippen LogP contribution >= 0.6 is 0 Å². The van der Waals surface area contributed by atoms with Gasteiger partial charge in [-0.25, -0.2) is 0 Å². The summed E-state index contributed by atoms with van der Waals surface area (Å²) in [7, 11) is 1.73. The van der Waals surface area contributed by atoms with Crippen LogP contribution in [0.15, 0.2) is 48.5 Å². The van der Waals surface area contributed by atoms with E-state index in [2.05, 4.69) is 43.3 Å². The Bertz CT molecular complexity index is 622. The molecule has 0 fully saturated rings. The number of rotatable bonds is 15. The van der Waals surface area contributed by atoms with E-state index in [1.54, 1.807) is 7.11 Å². The number of ether oxygens (including phenoxy) is 4. The van der Waals surface area contributed by atoms with Gasteiger partial charge in [-0.05, 0) is 62.4 Å². The number of aryl methyl sites for hydroxylation is 2. The van der Waals surface area contributed by atoms with Gasteiger partial charge in [0.1, 0.15) is 11.5 Å². The Balaban J connectivity index is 1.46. The second-order valence-corrected chi connectivity index (χ2v) is 6.92. The van der Waals surface area contributed by atoms with Crippen LogP contribution < -0.4 is 9.47 Å². The lowest BCUT2D eigenvalue weighted by molar-refractivity contribution is 0.117. The zero-order valence-corrected chi connectivity index (χ0v) is 17.3. The lowest BCUT2D eigenvalue weighted by atomic mass is 10.1. The van der Waals surface area contributed by atoms with E-state index >= 15 is 0 Å². The van der Waals surface area contributed by atoms with Crippen LogP contribution in [0.5, 0.6) is 11.5 Å². The minimum Gasteiger partial charge on any atom is -0.494 e. The Labute approximate surface area is 169 Å². The molecule has 0 aliphatic rings. The Morgan fingerprint density at radius 2 is 1.18 bits per heavy atom. The molecule has 2 rings (SSSR count). The molecule has 2 aromatic carbocycles. The van der Waals surface area contributed by atoms with Crippen LogP contribution in [-0.2, 0) is 15.9 Å². The van der Waals surface area contributed by atoms with Crippen LogP contribution in [0.2, 0.25) is 0 Å². The number of hydrogen-bond donors (Lipinski definition) is 0.